The Hall–Kier alpha value is -5.69. The van der Waals surface area contributed by atoms with E-state index in [2.05, 4.69) is 25.3 Å². The van der Waals surface area contributed by atoms with Crippen LogP contribution in [0.25, 0.3) is 46.4 Å². The molecule has 3 N–H and O–H groups in total. The lowest BCUT2D eigenvalue weighted by Crippen LogP contribution is -2.05. The molecular weight excluding hydrogens is 508 g/mol. The monoisotopic (exact) mass is 536 g/mol. The van der Waals surface area contributed by atoms with Crippen LogP contribution in [0.15, 0.2) is 109 Å². The normalized spacial score (nSPS) is 11.0. The van der Waals surface area contributed by atoms with Crippen molar-refractivity contribution in [2.24, 2.45) is 0 Å². The summed E-state index contributed by atoms with van der Waals surface area (Å²) in [5, 5.41) is 2.74. The molecule has 7 nitrogen and oxygen atoms in total. The van der Waals surface area contributed by atoms with Crippen LogP contribution in [0.1, 0.15) is 29.4 Å². The Morgan fingerprint density at radius 1 is 0.610 bits per heavy atom. The van der Waals surface area contributed by atoms with E-state index in [0.717, 1.165) is 56.0 Å². The standard InChI is InChI=1S/C18H15N3O.C16H13N3/c1-13(22)20-15-9-6-14(7-10-15)8-11-16-12-19-17-4-2-3-5-18(17)21-16;17-13-8-5-12(6-9-13)7-10-14-11-18-15-3-1-2-4-16(15)19-14/h2-12H,1H3,(H,20,22);1-11H,17H2/b11-8+;10-7+. The smallest absolute Gasteiger partial charge is 0.221 e. The van der Waals surface area contributed by atoms with Gasteiger partial charge in [0.15, 0.2) is 0 Å². The van der Waals surface area contributed by atoms with Crippen molar-refractivity contribution in [1.82, 2.24) is 19.9 Å². The number of amides is 1. The zero-order valence-electron chi connectivity index (χ0n) is 22.5. The first-order chi connectivity index (χ1) is 20.0. The molecule has 6 aromatic rings. The summed E-state index contributed by atoms with van der Waals surface area (Å²) < 4.78 is 0. The number of carbonyl (C=O) groups excluding carboxylic acids is 1. The van der Waals surface area contributed by atoms with Gasteiger partial charge in [0.05, 0.1) is 45.8 Å². The summed E-state index contributed by atoms with van der Waals surface area (Å²) in [6.45, 7) is 1.49. The molecule has 0 spiro atoms. The van der Waals surface area contributed by atoms with E-state index in [1.807, 2.05) is 121 Å². The summed E-state index contributed by atoms with van der Waals surface area (Å²) in [7, 11) is 0. The first-order valence-electron chi connectivity index (χ1n) is 13.0. The molecule has 0 atom stereocenters. The largest absolute Gasteiger partial charge is 0.399 e. The lowest BCUT2D eigenvalue weighted by Gasteiger charge is -2.02. The van der Waals surface area contributed by atoms with Crippen LogP contribution >= 0.6 is 0 Å². The number of fused-ring (bicyclic) bond motifs is 2. The Kier molecular flexibility index (Phi) is 8.47. The molecule has 0 unspecified atom stereocenters. The maximum absolute atomic E-state index is 11.0. The van der Waals surface area contributed by atoms with Gasteiger partial charge < -0.3 is 11.1 Å². The van der Waals surface area contributed by atoms with Gasteiger partial charge in [-0.1, -0.05) is 60.7 Å². The van der Waals surface area contributed by atoms with Crippen molar-refractivity contribution in [3.8, 4) is 0 Å². The van der Waals surface area contributed by atoms with Gasteiger partial charge in [0.1, 0.15) is 0 Å². The van der Waals surface area contributed by atoms with Gasteiger partial charge in [0, 0.05) is 18.3 Å². The molecule has 0 bridgehead atoms. The van der Waals surface area contributed by atoms with Crippen molar-refractivity contribution in [2.45, 2.75) is 6.92 Å². The van der Waals surface area contributed by atoms with Gasteiger partial charge in [-0.05, 0) is 71.8 Å². The van der Waals surface area contributed by atoms with E-state index in [4.69, 9.17) is 5.73 Å². The van der Waals surface area contributed by atoms with Crippen LogP contribution in [0.2, 0.25) is 0 Å². The molecule has 0 saturated heterocycles. The molecule has 6 rings (SSSR count). The molecule has 41 heavy (non-hydrogen) atoms. The highest BCUT2D eigenvalue weighted by atomic mass is 16.1. The van der Waals surface area contributed by atoms with E-state index >= 15 is 0 Å². The minimum absolute atomic E-state index is 0.0743. The summed E-state index contributed by atoms with van der Waals surface area (Å²) in [4.78, 5) is 28.8. The summed E-state index contributed by atoms with van der Waals surface area (Å²) in [5.74, 6) is -0.0743. The zero-order valence-corrected chi connectivity index (χ0v) is 22.5. The van der Waals surface area contributed by atoms with Crippen molar-refractivity contribution in [3.05, 3.63) is 132 Å². The zero-order chi connectivity index (χ0) is 28.4. The Morgan fingerprint density at radius 2 is 1.05 bits per heavy atom. The second kappa shape index (κ2) is 12.9. The molecule has 2 heterocycles. The molecule has 200 valence electrons. The maximum Gasteiger partial charge on any atom is 0.221 e. The maximum atomic E-state index is 11.0. The summed E-state index contributed by atoms with van der Waals surface area (Å²) >= 11 is 0. The molecule has 7 heteroatoms. The minimum Gasteiger partial charge on any atom is -0.399 e. The minimum atomic E-state index is -0.0743. The van der Waals surface area contributed by atoms with E-state index < -0.39 is 0 Å². The molecule has 0 aliphatic rings. The number of nitrogens with one attached hydrogen (secondary N) is 1. The number of anilines is 2. The molecule has 0 aliphatic carbocycles. The summed E-state index contributed by atoms with van der Waals surface area (Å²) in [6, 6.07) is 30.9. The third-order valence-electron chi connectivity index (χ3n) is 5.99. The van der Waals surface area contributed by atoms with E-state index in [9.17, 15) is 4.79 Å². The third-order valence-corrected chi connectivity index (χ3v) is 5.99. The van der Waals surface area contributed by atoms with Crippen molar-refractivity contribution in [2.75, 3.05) is 11.1 Å². The Labute approximate surface area is 238 Å². The number of carbonyl (C=O) groups is 1. The van der Waals surface area contributed by atoms with E-state index in [1.165, 1.54) is 6.92 Å². The number of para-hydroxylation sites is 4. The van der Waals surface area contributed by atoms with Gasteiger partial charge in [-0.25, -0.2) is 9.97 Å². The van der Waals surface area contributed by atoms with Crippen LogP contribution in [-0.2, 0) is 4.79 Å². The van der Waals surface area contributed by atoms with Gasteiger partial charge in [0.2, 0.25) is 5.91 Å². The van der Waals surface area contributed by atoms with Crippen molar-refractivity contribution >= 4 is 63.7 Å². The second-order valence-corrected chi connectivity index (χ2v) is 9.20. The molecule has 0 fully saturated rings. The number of hydrogen-bond donors (Lipinski definition) is 2. The quantitative estimate of drug-likeness (QED) is 0.227. The van der Waals surface area contributed by atoms with Gasteiger partial charge >= 0.3 is 0 Å². The Bertz CT molecular complexity index is 1840. The van der Waals surface area contributed by atoms with Crippen LogP contribution in [0.5, 0.6) is 0 Å². The van der Waals surface area contributed by atoms with Crippen LogP contribution in [0.4, 0.5) is 11.4 Å². The van der Waals surface area contributed by atoms with E-state index in [0.29, 0.717) is 0 Å². The van der Waals surface area contributed by atoms with Crippen LogP contribution in [0.3, 0.4) is 0 Å². The highest BCUT2D eigenvalue weighted by Gasteiger charge is 1.98. The van der Waals surface area contributed by atoms with Crippen LogP contribution in [0, 0.1) is 0 Å². The number of aromatic nitrogens is 4. The lowest BCUT2D eigenvalue weighted by molar-refractivity contribution is -0.114. The first-order valence-corrected chi connectivity index (χ1v) is 13.0. The summed E-state index contributed by atoms with van der Waals surface area (Å²) in [5.41, 5.74) is 14.6. The van der Waals surface area contributed by atoms with Crippen LogP contribution < -0.4 is 11.1 Å². The molecule has 2 aromatic heterocycles. The topological polar surface area (TPSA) is 107 Å². The average molecular weight is 537 g/mol. The van der Waals surface area contributed by atoms with Crippen molar-refractivity contribution in [3.63, 3.8) is 0 Å². The first kappa shape index (κ1) is 26.9. The Balaban J connectivity index is 0.000000166. The van der Waals surface area contributed by atoms with Gasteiger partial charge in [-0.3, -0.25) is 14.8 Å². The van der Waals surface area contributed by atoms with Crippen LogP contribution in [-0.4, -0.2) is 25.8 Å². The molecule has 0 aliphatic heterocycles. The van der Waals surface area contributed by atoms with Crippen molar-refractivity contribution in [1.29, 1.82) is 0 Å². The third kappa shape index (κ3) is 7.68. The highest BCUT2D eigenvalue weighted by Crippen LogP contribution is 2.15. The molecule has 0 radical (unpaired) electrons. The highest BCUT2D eigenvalue weighted by molar-refractivity contribution is 5.88. The fourth-order valence-electron chi connectivity index (χ4n) is 3.95. The number of nitrogen functional groups attached to an aromatic ring is 1. The van der Waals surface area contributed by atoms with Gasteiger partial charge in [-0.15, -0.1) is 0 Å². The number of nitrogens with zero attached hydrogens (tertiary/aromatic N) is 4. The summed E-state index contributed by atoms with van der Waals surface area (Å²) in [6.07, 6.45) is 11.4. The fraction of sp³-hybridized carbons (Fsp3) is 0.0294. The van der Waals surface area contributed by atoms with E-state index in [-0.39, 0.29) is 5.91 Å². The Morgan fingerprint density at radius 3 is 1.51 bits per heavy atom. The number of benzene rings is 4. The molecule has 0 saturated carbocycles. The predicted octanol–water partition coefficient (Wildman–Crippen LogP) is 7.14. The number of hydrogen-bond acceptors (Lipinski definition) is 6. The number of rotatable bonds is 5. The second-order valence-electron chi connectivity index (χ2n) is 9.20. The average Bonchev–Trinajstić information content (AvgIpc) is 3.00. The lowest BCUT2D eigenvalue weighted by atomic mass is 10.2. The van der Waals surface area contributed by atoms with Gasteiger partial charge in [-0.2, -0.15) is 0 Å². The predicted molar refractivity (Wildman–Crippen MR) is 169 cm³/mol. The van der Waals surface area contributed by atoms with E-state index in [1.54, 1.807) is 12.4 Å². The number of nitrogens with two attached hydrogens (primary N) is 1. The SMILES string of the molecule is CC(=O)Nc1ccc(/C=C/c2cnc3ccccc3n2)cc1.Nc1ccc(/C=C/c2cnc3ccccc3n2)cc1. The molecular formula is C34H28N6O. The molecule has 4 aromatic carbocycles. The molecule has 1 amide bonds. The fourth-order valence-corrected chi connectivity index (χ4v) is 3.95. The van der Waals surface area contributed by atoms with Crippen molar-refractivity contribution < 1.29 is 4.79 Å². The van der Waals surface area contributed by atoms with Gasteiger partial charge in [0.25, 0.3) is 0 Å².